The van der Waals surface area contributed by atoms with Crippen LogP contribution in [-0.4, -0.2) is 30.2 Å². The van der Waals surface area contributed by atoms with Crippen LogP contribution < -0.4 is 21.8 Å². The molecule has 0 unspecified atom stereocenters. The van der Waals surface area contributed by atoms with Crippen molar-refractivity contribution in [1.29, 1.82) is 0 Å². The van der Waals surface area contributed by atoms with Crippen molar-refractivity contribution >= 4 is 57.8 Å². The summed E-state index contributed by atoms with van der Waals surface area (Å²) in [6.45, 7) is 15.3. The first-order valence-electron chi connectivity index (χ1n) is 18.8. The Kier molecular flexibility index (Phi) is 14.4. The SMILES string of the molecule is Cc1cc(=O)n(-c2ccc(NC(C)(C)CCc3ccc(Cl)c(F)c3)c(Cl)c2)c(C)n1.Cc1cc(=O)n(-c2ccc(NC(C)(C)Cc3ccc(Cl)c(F)c3)c(Cl)c2)c(C)n1. The van der Waals surface area contributed by atoms with Crippen LogP contribution in [0.5, 0.6) is 0 Å². The van der Waals surface area contributed by atoms with Crippen LogP contribution in [0.25, 0.3) is 11.4 Å². The number of nitrogens with one attached hydrogen (secondary N) is 2. The van der Waals surface area contributed by atoms with Gasteiger partial charge in [-0.1, -0.05) is 58.5 Å². The molecule has 0 fully saturated rings. The van der Waals surface area contributed by atoms with Crippen molar-refractivity contribution in [2.24, 2.45) is 0 Å². The van der Waals surface area contributed by atoms with Gasteiger partial charge in [-0.3, -0.25) is 18.7 Å². The third kappa shape index (κ3) is 11.9. The van der Waals surface area contributed by atoms with Gasteiger partial charge in [0.1, 0.15) is 23.3 Å². The molecule has 0 aliphatic carbocycles. The molecular formula is C45H46Cl4F2N6O2. The maximum absolute atomic E-state index is 13.7. The molecule has 0 spiro atoms. The lowest BCUT2D eigenvalue weighted by molar-refractivity contribution is 0.517. The van der Waals surface area contributed by atoms with Gasteiger partial charge in [0.25, 0.3) is 11.1 Å². The minimum absolute atomic E-state index is 0.106. The van der Waals surface area contributed by atoms with E-state index in [2.05, 4.69) is 34.4 Å². The molecule has 0 bridgehead atoms. The third-order valence-electron chi connectivity index (χ3n) is 9.45. The molecule has 0 amide bonds. The van der Waals surface area contributed by atoms with Gasteiger partial charge in [-0.2, -0.15) is 0 Å². The number of rotatable bonds is 11. The molecule has 2 N–H and O–H groups in total. The fourth-order valence-electron chi connectivity index (χ4n) is 6.75. The van der Waals surface area contributed by atoms with Gasteiger partial charge in [0.2, 0.25) is 0 Å². The molecule has 6 aromatic rings. The molecular weight excluding hydrogens is 836 g/mol. The Bertz CT molecular complexity index is 2630. The van der Waals surface area contributed by atoms with E-state index in [0.29, 0.717) is 57.3 Å². The van der Waals surface area contributed by atoms with Gasteiger partial charge in [-0.25, -0.2) is 18.7 Å². The number of halogens is 6. The molecule has 4 aromatic carbocycles. The molecule has 0 aliphatic heterocycles. The number of hydrogen-bond donors (Lipinski definition) is 2. The van der Waals surface area contributed by atoms with Gasteiger partial charge in [0.05, 0.1) is 42.8 Å². The van der Waals surface area contributed by atoms with Crippen LogP contribution in [0.1, 0.15) is 68.3 Å². The van der Waals surface area contributed by atoms with Crippen molar-refractivity contribution in [3.05, 3.63) is 172 Å². The number of anilines is 2. The van der Waals surface area contributed by atoms with E-state index < -0.39 is 17.2 Å². The molecule has 0 atom stereocenters. The minimum atomic E-state index is -0.435. The number of aryl methyl sites for hydroxylation is 5. The Morgan fingerprint density at radius 2 is 0.983 bits per heavy atom. The van der Waals surface area contributed by atoms with Crippen LogP contribution in [0.4, 0.5) is 20.2 Å². The van der Waals surface area contributed by atoms with E-state index >= 15 is 0 Å². The summed E-state index contributed by atoms with van der Waals surface area (Å²) in [4.78, 5) is 33.4. The first-order chi connectivity index (χ1) is 27.6. The maximum atomic E-state index is 13.7. The first-order valence-corrected chi connectivity index (χ1v) is 20.3. The zero-order valence-corrected chi connectivity index (χ0v) is 37.1. The fourth-order valence-corrected chi connectivity index (χ4v) is 7.42. The van der Waals surface area contributed by atoms with Crippen molar-refractivity contribution in [3.63, 3.8) is 0 Å². The van der Waals surface area contributed by atoms with Crippen molar-refractivity contribution in [2.45, 2.75) is 85.7 Å². The molecule has 2 heterocycles. The Balaban J connectivity index is 0.000000224. The Hall–Kier alpha value is -4.74. The first kappa shape index (κ1) is 45.3. The standard InChI is InChI=1S/C23H24Cl2FN3O.C22H22Cl2FN3O/c1-14-11-22(30)29(15(2)27-14)17-6-8-21(19(25)13-17)28-23(3,4)10-9-16-5-7-18(24)20(26)12-16;1-13-9-21(29)28(14(2)26-13)16-6-8-20(18(24)11-16)27-22(3,4)12-15-5-7-17(23)19(25)10-15/h5-8,11-13,28H,9-10H2,1-4H3;5-11,27H,12H2,1-4H3. The van der Waals surface area contributed by atoms with Crippen molar-refractivity contribution in [3.8, 4) is 11.4 Å². The maximum Gasteiger partial charge on any atom is 0.258 e. The highest BCUT2D eigenvalue weighted by Gasteiger charge is 2.22. The van der Waals surface area contributed by atoms with E-state index in [9.17, 15) is 18.4 Å². The molecule has 0 saturated carbocycles. The highest BCUT2D eigenvalue weighted by Crippen LogP contribution is 2.31. The van der Waals surface area contributed by atoms with Gasteiger partial charge >= 0.3 is 0 Å². The molecule has 2 aromatic heterocycles. The third-order valence-corrected chi connectivity index (χ3v) is 10.7. The lowest BCUT2D eigenvalue weighted by atomic mass is 9.94. The summed E-state index contributed by atoms with van der Waals surface area (Å²) in [6, 6.07) is 23.5. The minimum Gasteiger partial charge on any atom is -0.379 e. The van der Waals surface area contributed by atoms with Crippen LogP contribution >= 0.6 is 46.4 Å². The second-order valence-electron chi connectivity index (χ2n) is 15.8. The zero-order valence-electron chi connectivity index (χ0n) is 34.1. The van der Waals surface area contributed by atoms with Gasteiger partial charge < -0.3 is 10.6 Å². The van der Waals surface area contributed by atoms with E-state index in [4.69, 9.17) is 46.4 Å². The lowest BCUT2D eigenvalue weighted by Gasteiger charge is -2.28. The van der Waals surface area contributed by atoms with E-state index in [1.54, 1.807) is 58.0 Å². The number of benzene rings is 4. The molecule has 0 radical (unpaired) electrons. The summed E-state index contributed by atoms with van der Waals surface area (Å²) in [5.74, 6) is 0.355. The number of nitrogens with zero attached hydrogens (tertiary/aromatic N) is 4. The van der Waals surface area contributed by atoms with Crippen LogP contribution in [0.2, 0.25) is 20.1 Å². The van der Waals surface area contributed by atoms with Crippen molar-refractivity contribution in [1.82, 2.24) is 19.1 Å². The largest absolute Gasteiger partial charge is 0.379 e. The lowest BCUT2D eigenvalue weighted by Crippen LogP contribution is -2.33. The Labute approximate surface area is 363 Å². The monoisotopic (exact) mass is 880 g/mol. The zero-order chi connectivity index (χ0) is 43.4. The summed E-state index contributed by atoms with van der Waals surface area (Å²) in [6.07, 6.45) is 2.01. The predicted molar refractivity (Wildman–Crippen MR) is 239 cm³/mol. The summed E-state index contributed by atoms with van der Waals surface area (Å²) in [5, 5.41) is 8.05. The topological polar surface area (TPSA) is 93.8 Å². The molecule has 0 saturated heterocycles. The second kappa shape index (κ2) is 18.7. The van der Waals surface area contributed by atoms with E-state index in [-0.39, 0.29) is 26.7 Å². The van der Waals surface area contributed by atoms with Crippen LogP contribution in [0, 0.1) is 39.3 Å². The van der Waals surface area contributed by atoms with E-state index in [0.717, 1.165) is 28.9 Å². The van der Waals surface area contributed by atoms with Crippen molar-refractivity contribution in [2.75, 3.05) is 10.6 Å². The van der Waals surface area contributed by atoms with E-state index in [1.807, 2.05) is 44.2 Å². The van der Waals surface area contributed by atoms with Crippen LogP contribution in [-0.2, 0) is 12.8 Å². The molecule has 0 aliphatic rings. The van der Waals surface area contributed by atoms with Gasteiger partial charge in [0, 0.05) is 34.6 Å². The Morgan fingerprint density at radius 1 is 0.559 bits per heavy atom. The summed E-state index contributed by atoms with van der Waals surface area (Å²) in [5.41, 5.74) is 4.86. The number of hydrogen-bond acceptors (Lipinski definition) is 6. The summed E-state index contributed by atoms with van der Waals surface area (Å²) < 4.78 is 30.4. The number of aromatic nitrogens is 4. The molecule has 8 nitrogen and oxygen atoms in total. The normalized spacial score (nSPS) is 11.6. The van der Waals surface area contributed by atoms with Crippen LogP contribution in [0.15, 0.2) is 94.5 Å². The van der Waals surface area contributed by atoms with Gasteiger partial charge in [-0.05, 0) is 146 Å². The summed E-state index contributed by atoms with van der Waals surface area (Å²) >= 11 is 24.5. The molecule has 14 heteroatoms. The van der Waals surface area contributed by atoms with Crippen molar-refractivity contribution < 1.29 is 8.78 Å². The quantitative estimate of drug-likeness (QED) is 0.135. The highest BCUT2D eigenvalue weighted by molar-refractivity contribution is 6.34. The second-order valence-corrected chi connectivity index (χ2v) is 17.4. The Morgan fingerprint density at radius 3 is 1.41 bits per heavy atom. The predicted octanol–water partition coefficient (Wildman–Crippen LogP) is 11.8. The molecule has 6 rings (SSSR count). The van der Waals surface area contributed by atoms with Crippen LogP contribution in [0.3, 0.4) is 0 Å². The highest BCUT2D eigenvalue weighted by atomic mass is 35.5. The van der Waals surface area contributed by atoms with E-state index in [1.165, 1.54) is 33.4 Å². The average molecular weight is 883 g/mol. The van der Waals surface area contributed by atoms with Gasteiger partial charge in [0.15, 0.2) is 0 Å². The van der Waals surface area contributed by atoms with Gasteiger partial charge in [-0.15, -0.1) is 0 Å². The smallest absolute Gasteiger partial charge is 0.258 e. The summed E-state index contributed by atoms with van der Waals surface area (Å²) in [7, 11) is 0. The molecule has 310 valence electrons. The fraction of sp³-hybridized carbons (Fsp3) is 0.289. The average Bonchev–Trinajstić information content (AvgIpc) is 3.12. The molecule has 59 heavy (non-hydrogen) atoms.